The lowest BCUT2D eigenvalue weighted by atomic mass is 9.77. The highest BCUT2D eigenvalue weighted by atomic mass is 19.3. The minimum absolute atomic E-state index is 0.0119. The molecule has 3 aromatic carbocycles. The maximum atomic E-state index is 15.1. The van der Waals surface area contributed by atoms with Crippen LogP contribution in [0.4, 0.5) is 26.3 Å². The average molecular weight is 478 g/mol. The minimum atomic E-state index is -3.76. The molecule has 0 saturated heterocycles. The van der Waals surface area contributed by atoms with Crippen LogP contribution in [0.2, 0.25) is 0 Å². The maximum Gasteiger partial charge on any atom is 0.279 e. The van der Waals surface area contributed by atoms with Gasteiger partial charge in [-0.25, -0.2) is 26.3 Å². The van der Waals surface area contributed by atoms with Gasteiger partial charge in [-0.05, 0) is 59.5 Å². The first kappa shape index (κ1) is 24.3. The lowest BCUT2D eigenvalue weighted by Gasteiger charge is -2.37. The number of methoxy groups -OCH3 is 1. The third-order valence-corrected chi connectivity index (χ3v) is 6.28. The Morgan fingerprint density at radius 1 is 0.882 bits per heavy atom. The van der Waals surface area contributed by atoms with E-state index in [9.17, 15) is 22.0 Å². The van der Waals surface area contributed by atoms with E-state index >= 15 is 4.39 Å². The fourth-order valence-electron chi connectivity index (χ4n) is 4.61. The smallest absolute Gasteiger partial charge is 0.279 e. The summed E-state index contributed by atoms with van der Waals surface area (Å²) in [6.07, 6.45) is 0.697. The van der Waals surface area contributed by atoms with E-state index in [1.165, 1.54) is 37.4 Å². The number of halogens is 6. The van der Waals surface area contributed by atoms with E-state index in [2.05, 4.69) is 0 Å². The molecular weight excluding hydrogens is 454 g/mol. The van der Waals surface area contributed by atoms with E-state index in [4.69, 9.17) is 4.74 Å². The molecule has 1 aliphatic carbocycles. The highest BCUT2D eigenvalue weighted by Crippen LogP contribution is 2.52. The fourth-order valence-corrected chi connectivity index (χ4v) is 4.61. The average Bonchev–Trinajstić information content (AvgIpc) is 2.77. The molecular formula is C27H24F6O. The Morgan fingerprint density at radius 3 is 2.29 bits per heavy atom. The second-order valence-corrected chi connectivity index (χ2v) is 8.74. The van der Waals surface area contributed by atoms with Gasteiger partial charge >= 0.3 is 0 Å². The number of fused-ring (bicyclic) bond motifs is 1. The van der Waals surface area contributed by atoms with Gasteiger partial charge in [0, 0.05) is 25.5 Å². The normalized spacial score (nSPS) is 19.3. The number of alkyl halides is 4. The lowest BCUT2D eigenvalue weighted by molar-refractivity contribution is -0.122. The van der Waals surface area contributed by atoms with E-state index < -0.39 is 30.0 Å². The molecule has 0 radical (unpaired) electrons. The van der Waals surface area contributed by atoms with Crippen LogP contribution >= 0.6 is 0 Å². The van der Waals surface area contributed by atoms with E-state index in [1.54, 1.807) is 18.2 Å². The van der Waals surface area contributed by atoms with E-state index in [0.29, 0.717) is 24.5 Å². The second kappa shape index (κ2) is 9.45. The largest absolute Gasteiger partial charge is 0.384 e. The van der Waals surface area contributed by atoms with Gasteiger partial charge in [0.2, 0.25) is 0 Å². The molecule has 0 saturated carbocycles. The number of ether oxygens (including phenoxy) is 1. The Labute approximate surface area is 194 Å². The molecule has 0 aliphatic heterocycles. The molecule has 7 heteroatoms. The van der Waals surface area contributed by atoms with Gasteiger partial charge in [-0.3, -0.25) is 0 Å². The Hall–Kier alpha value is -2.80. The van der Waals surface area contributed by atoms with Crippen LogP contribution in [0.15, 0.2) is 66.2 Å². The summed E-state index contributed by atoms with van der Waals surface area (Å²) in [5, 5.41) is 0.459. The molecule has 1 atom stereocenters. The topological polar surface area (TPSA) is 9.23 Å². The molecule has 0 bridgehead atoms. The predicted octanol–water partition coefficient (Wildman–Crippen LogP) is 7.62. The Kier molecular flexibility index (Phi) is 6.76. The van der Waals surface area contributed by atoms with Crippen molar-refractivity contribution in [2.45, 2.75) is 43.4 Å². The highest BCUT2D eigenvalue weighted by molar-refractivity contribution is 5.84. The molecule has 3 aromatic rings. The van der Waals surface area contributed by atoms with Crippen LogP contribution < -0.4 is 0 Å². The summed E-state index contributed by atoms with van der Waals surface area (Å²) < 4.78 is 92.5. The van der Waals surface area contributed by atoms with Crippen LogP contribution in [-0.2, 0) is 17.6 Å². The molecule has 0 spiro atoms. The zero-order valence-electron chi connectivity index (χ0n) is 18.6. The summed E-state index contributed by atoms with van der Waals surface area (Å²) in [7, 11) is 1.38. The van der Waals surface area contributed by atoms with Gasteiger partial charge in [0.25, 0.3) is 11.8 Å². The van der Waals surface area contributed by atoms with Crippen LogP contribution in [0.1, 0.15) is 35.4 Å². The van der Waals surface area contributed by atoms with Gasteiger partial charge in [0.05, 0.1) is 0 Å². The first-order valence-corrected chi connectivity index (χ1v) is 11.0. The van der Waals surface area contributed by atoms with E-state index in [0.717, 1.165) is 11.6 Å². The Morgan fingerprint density at radius 2 is 1.62 bits per heavy atom. The molecule has 0 heterocycles. The van der Waals surface area contributed by atoms with Crippen molar-refractivity contribution in [3.8, 4) is 0 Å². The van der Waals surface area contributed by atoms with Gasteiger partial charge in [0.1, 0.15) is 17.6 Å². The first-order chi connectivity index (χ1) is 16.1. The fraction of sp³-hybridized carbons (Fsp3) is 0.333. The van der Waals surface area contributed by atoms with Gasteiger partial charge in [-0.1, -0.05) is 48.0 Å². The molecule has 0 amide bonds. The van der Waals surface area contributed by atoms with Crippen LogP contribution in [-0.4, -0.2) is 25.6 Å². The predicted molar refractivity (Wildman–Crippen MR) is 120 cm³/mol. The number of benzene rings is 3. The maximum absolute atomic E-state index is 15.1. The van der Waals surface area contributed by atoms with Crippen LogP contribution in [0.5, 0.6) is 0 Å². The van der Waals surface area contributed by atoms with Crippen molar-refractivity contribution < 1.29 is 31.1 Å². The van der Waals surface area contributed by atoms with Gasteiger partial charge in [0.15, 0.2) is 0 Å². The third-order valence-electron chi connectivity index (χ3n) is 6.28. The zero-order valence-corrected chi connectivity index (χ0v) is 18.6. The van der Waals surface area contributed by atoms with Crippen LogP contribution in [0, 0.1) is 11.6 Å². The number of aryl methyl sites for hydroxylation is 2. The molecule has 4 rings (SSSR count). The number of hydrogen-bond acceptors (Lipinski definition) is 1. The molecule has 34 heavy (non-hydrogen) atoms. The SMILES string of the molecule is COCCC1=CC(F)(F)C(c2ccc3c(F)c(CCc4ccc(F)cc4)ccc3c2)C(F)(F)C1. The lowest BCUT2D eigenvalue weighted by Crippen LogP contribution is -2.42. The molecule has 0 aromatic heterocycles. The molecule has 1 aliphatic rings. The first-order valence-electron chi connectivity index (χ1n) is 11.0. The molecule has 180 valence electrons. The Bertz CT molecular complexity index is 1200. The summed E-state index contributed by atoms with van der Waals surface area (Å²) in [5.41, 5.74) is 0.980. The summed E-state index contributed by atoms with van der Waals surface area (Å²) in [4.78, 5) is 0. The summed E-state index contributed by atoms with van der Waals surface area (Å²) in [6.45, 7) is 0.0847. The second-order valence-electron chi connectivity index (χ2n) is 8.74. The summed E-state index contributed by atoms with van der Waals surface area (Å²) in [5.74, 6) is -10.6. The van der Waals surface area contributed by atoms with Crippen molar-refractivity contribution in [2.24, 2.45) is 0 Å². The van der Waals surface area contributed by atoms with Crippen molar-refractivity contribution in [2.75, 3.05) is 13.7 Å². The standard InChI is InChI=1S/C27H24F6O/c1-34-13-12-18-15-26(30,31)25(27(32,33)16-18)21-8-11-23-20(14-21)7-6-19(24(23)29)5-2-17-3-9-22(28)10-4-17/h3-4,6-11,14-15,25H,2,5,12-13,16H2,1H3. The number of rotatable bonds is 7. The van der Waals surface area contributed by atoms with E-state index in [1.807, 2.05) is 0 Å². The third kappa shape index (κ3) is 4.99. The van der Waals surface area contributed by atoms with Crippen LogP contribution in [0.3, 0.4) is 0 Å². The monoisotopic (exact) mass is 478 g/mol. The van der Waals surface area contributed by atoms with Crippen molar-refractivity contribution in [3.63, 3.8) is 0 Å². The van der Waals surface area contributed by atoms with Crippen LogP contribution in [0.25, 0.3) is 10.8 Å². The summed E-state index contributed by atoms with van der Waals surface area (Å²) in [6, 6.07) is 12.7. The highest BCUT2D eigenvalue weighted by Gasteiger charge is 2.57. The van der Waals surface area contributed by atoms with Crippen molar-refractivity contribution in [1.82, 2.24) is 0 Å². The minimum Gasteiger partial charge on any atom is -0.384 e. The van der Waals surface area contributed by atoms with Gasteiger partial charge in [-0.2, -0.15) is 0 Å². The molecule has 0 N–H and O–H groups in total. The van der Waals surface area contributed by atoms with Crippen molar-refractivity contribution in [1.29, 1.82) is 0 Å². The quantitative estimate of drug-likeness (QED) is 0.251. The van der Waals surface area contributed by atoms with Gasteiger partial charge < -0.3 is 4.74 Å². The Balaban J connectivity index is 1.61. The molecule has 0 fully saturated rings. The number of hydrogen-bond donors (Lipinski definition) is 0. The van der Waals surface area contributed by atoms with Gasteiger partial charge in [-0.15, -0.1) is 0 Å². The van der Waals surface area contributed by atoms with E-state index in [-0.39, 0.29) is 40.8 Å². The van der Waals surface area contributed by atoms with Crippen molar-refractivity contribution in [3.05, 3.63) is 94.6 Å². The molecule has 1 nitrogen and oxygen atoms in total. The zero-order chi connectivity index (χ0) is 24.5. The number of allylic oxidation sites excluding steroid dienone is 1. The summed E-state index contributed by atoms with van der Waals surface area (Å²) >= 11 is 0. The molecule has 1 unspecified atom stereocenters. The van der Waals surface area contributed by atoms with Crippen molar-refractivity contribution >= 4 is 10.8 Å².